The van der Waals surface area contributed by atoms with E-state index in [1.807, 2.05) is 4.57 Å². The lowest BCUT2D eigenvalue weighted by Crippen LogP contribution is -2.23. The first-order valence-electron chi connectivity index (χ1n) is 10.4. The molecule has 4 rings (SSSR count). The second-order valence-electron chi connectivity index (χ2n) is 8.68. The molecule has 28 heavy (non-hydrogen) atoms. The fourth-order valence-corrected chi connectivity index (χ4v) is 5.15. The van der Waals surface area contributed by atoms with Gasteiger partial charge in [0.05, 0.1) is 17.6 Å². The molecule has 0 unspecified atom stereocenters. The van der Waals surface area contributed by atoms with Gasteiger partial charge in [0.1, 0.15) is 0 Å². The number of hydrogen-bond acceptors (Lipinski definition) is 5. The lowest BCUT2D eigenvalue weighted by molar-refractivity contribution is 0.280. The van der Waals surface area contributed by atoms with E-state index in [2.05, 4.69) is 33.2 Å². The summed E-state index contributed by atoms with van der Waals surface area (Å²) in [5, 5.41) is 7.77. The first kappa shape index (κ1) is 19.6. The van der Waals surface area contributed by atoms with Crippen LogP contribution in [0.5, 0.6) is 0 Å². The number of imidazole rings is 1. The van der Waals surface area contributed by atoms with Crippen LogP contribution in [-0.2, 0) is 29.5 Å². The third-order valence-electron chi connectivity index (χ3n) is 5.92. The molecule has 2 fully saturated rings. The van der Waals surface area contributed by atoms with Gasteiger partial charge in [0.25, 0.3) is 0 Å². The highest BCUT2D eigenvalue weighted by Crippen LogP contribution is 2.39. The van der Waals surface area contributed by atoms with Gasteiger partial charge in [0.2, 0.25) is 15.0 Å². The molecule has 0 aromatic carbocycles. The fraction of sp³-hybridized carbons (Fsp3) is 0.700. The normalized spacial score (nSPS) is 18.8. The van der Waals surface area contributed by atoms with E-state index in [1.54, 1.807) is 6.20 Å². The van der Waals surface area contributed by atoms with E-state index in [1.165, 1.54) is 56.9 Å². The largest absolute Gasteiger partial charge is 0.317 e. The van der Waals surface area contributed by atoms with Crippen LogP contribution in [0.25, 0.3) is 0 Å². The van der Waals surface area contributed by atoms with Crippen molar-refractivity contribution in [3.05, 3.63) is 29.3 Å². The molecule has 2 saturated carbocycles. The van der Waals surface area contributed by atoms with Crippen LogP contribution in [0, 0.1) is 5.92 Å². The van der Waals surface area contributed by atoms with Crippen LogP contribution in [0.2, 0.25) is 0 Å². The molecule has 0 spiro atoms. The minimum atomic E-state index is -3.34. The maximum Gasteiger partial charge on any atom is 0.227 e. The SMILES string of the molecule is CN(Cc1cc(C2CC2)n[nH]1)Cc1cnc(S(C)(=O)=O)n1CC1CCCCC1. The summed E-state index contributed by atoms with van der Waals surface area (Å²) in [5.41, 5.74) is 3.24. The Hall–Kier alpha value is -1.67. The summed E-state index contributed by atoms with van der Waals surface area (Å²) < 4.78 is 26.4. The lowest BCUT2D eigenvalue weighted by Gasteiger charge is -2.24. The van der Waals surface area contributed by atoms with Gasteiger partial charge >= 0.3 is 0 Å². The van der Waals surface area contributed by atoms with Crippen molar-refractivity contribution in [1.29, 1.82) is 0 Å². The van der Waals surface area contributed by atoms with Crippen molar-refractivity contribution in [2.24, 2.45) is 5.92 Å². The molecule has 0 bridgehead atoms. The zero-order chi connectivity index (χ0) is 19.7. The zero-order valence-corrected chi connectivity index (χ0v) is 17.7. The van der Waals surface area contributed by atoms with Gasteiger partial charge in [-0.15, -0.1) is 0 Å². The smallest absolute Gasteiger partial charge is 0.227 e. The van der Waals surface area contributed by atoms with Crippen molar-refractivity contribution in [1.82, 2.24) is 24.6 Å². The summed E-state index contributed by atoms with van der Waals surface area (Å²) in [6.07, 6.45) is 11.6. The number of aromatic amines is 1. The Morgan fingerprint density at radius 3 is 2.61 bits per heavy atom. The third kappa shape index (κ3) is 4.66. The van der Waals surface area contributed by atoms with Gasteiger partial charge < -0.3 is 4.57 Å². The zero-order valence-electron chi connectivity index (χ0n) is 16.9. The summed E-state index contributed by atoms with van der Waals surface area (Å²) in [6.45, 7) is 2.16. The second kappa shape index (κ2) is 7.99. The fourth-order valence-electron chi connectivity index (χ4n) is 4.31. The Bertz CT molecular complexity index is 907. The summed E-state index contributed by atoms with van der Waals surface area (Å²) in [4.78, 5) is 6.46. The molecular formula is C20H31N5O2S. The Kier molecular flexibility index (Phi) is 5.60. The average Bonchev–Trinajstić information content (AvgIpc) is 3.27. The molecule has 2 aliphatic carbocycles. The van der Waals surface area contributed by atoms with Crippen LogP contribution in [0.15, 0.2) is 17.4 Å². The lowest BCUT2D eigenvalue weighted by atomic mass is 9.89. The molecule has 8 heteroatoms. The van der Waals surface area contributed by atoms with Crippen molar-refractivity contribution in [2.75, 3.05) is 13.3 Å². The Morgan fingerprint density at radius 1 is 1.18 bits per heavy atom. The molecule has 2 heterocycles. The molecule has 0 amide bonds. The maximum absolute atomic E-state index is 12.2. The van der Waals surface area contributed by atoms with Gasteiger partial charge in [-0.05, 0) is 44.7 Å². The Balaban J connectivity index is 1.48. The first-order valence-corrected chi connectivity index (χ1v) is 12.3. The molecule has 7 nitrogen and oxygen atoms in total. The molecular weight excluding hydrogens is 374 g/mol. The van der Waals surface area contributed by atoms with Gasteiger partial charge in [-0.1, -0.05) is 19.3 Å². The molecule has 1 N–H and O–H groups in total. The van der Waals surface area contributed by atoms with Crippen LogP contribution in [0.3, 0.4) is 0 Å². The predicted molar refractivity (Wildman–Crippen MR) is 108 cm³/mol. The monoisotopic (exact) mass is 405 g/mol. The van der Waals surface area contributed by atoms with Crippen molar-refractivity contribution < 1.29 is 8.42 Å². The minimum Gasteiger partial charge on any atom is -0.317 e. The topological polar surface area (TPSA) is 83.9 Å². The molecule has 154 valence electrons. The molecule has 0 saturated heterocycles. The van der Waals surface area contributed by atoms with E-state index < -0.39 is 9.84 Å². The van der Waals surface area contributed by atoms with Crippen molar-refractivity contribution in [3.8, 4) is 0 Å². The molecule has 0 aliphatic heterocycles. The number of H-pyrrole nitrogens is 1. The van der Waals surface area contributed by atoms with Crippen LogP contribution in [0.1, 0.15) is 67.9 Å². The summed E-state index contributed by atoms with van der Waals surface area (Å²) in [6, 6.07) is 2.16. The third-order valence-corrected chi connectivity index (χ3v) is 6.91. The second-order valence-corrected chi connectivity index (χ2v) is 10.6. The van der Waals surface area contributed by atoms with Crippen LogP contribution >= 0.6 is 0 Å². The molecule has 2 aliphatic rings. The number of nitrogens with one attached hydrogen (secondary N) is 1. The maximum atomic E-state index is 12.2. The molecule has 2 aromatic heterocycles. The summed E-state index contributed by atoms with van der Waals surface area (Å²) in [7, 11) is -1.29. The Labute approximate surface area is 167 Å². The van der Waals surface area contributed by atoms with E-state index in [9.17, 15) is 8.42 Å². The predicted octanol–water partition coefficient (Wildman–Crippen LogP) is 3.10. The molecule has 0 radical (unpaired) electrons. The van der Waals surface area contributed by atoms with Crippen molar-refractivity contribution in [3.63, 3.8) is 0 Å². The van der Waals surface area contributed by atoms with E-state index in [0.717, 1.165) is 24.5 Å². The van der Waals surface area contributed by atoms with Gasteiger partial charge in [0.15, 0.2) is 0 Å². The van der Waals surface area contributed by atoms with E-state index in [0.29, 0.717) is 18.4 Å². The minimum absolute atomic E-state index is 0.207. The van der Waals surface area contributed by atoms with Gasteiger partial charge in [-0.25, -0.2) is 13.4 Å². The van der Waals surface area contributed by atoms with Crippen LogP contribution in [0.4, 0.5) is 0 Å². The average molecular weight is 406 g/mol. The van der Waals surface area contributed by atoms with Gasteiger partial charge in [-0.3, -0.25) is 10.00 Å². The highest BCUT2D eigenvalue weighted by Gasteiger charge is 2.26. The quantitative estimate of drug-likeness (QED) is 0.729. The van der Waals surface area contributed by atoms with E-state index in [4.69, 9.17) is 0 Å². The highest BCUT2D eigenvalue weighted by atomic mass is 32.2. The number of nitrogens with zero attached hydrogens (tertiary/aromatic N) is 4. The number of rotatable bonds is 8. The number of aromatic nitrogens is 4. The molecule has 2 aromatic rings. The molecule has 0 atom stereocenters. The van der Waals surface area contributed by atoms with Crippen molar-refractivity contribution >= 4 is 9.84 Å². The van der Waals surface area contributed by atoms with Crippen LogP contribution < -0.4 is 0 Å². The van der Waals surface area contributed by atoms with E-state index in [-0.39, 0.29) is 5.16 Å². The van der Waals surface area contributed by atoms with Gasteiger partial charge in [0, 0.05) is 37.5 Å². The first-order chi connectivity index (χ1) is 13.4. The van der Waals surface area contributed by atoms with Crippen LogP contribution in [-0.4, -0.2) is 46.4 Å². The number of sulfone groups is 1. The summed E-state index contributed by atoms with van der Waals surface area (Å²) >= 11 is 0. The standard InChI is InChI=1S/C20H31N5O2S/c1-24(13-17-10-19(23-22-17)16-8-9-16)14-18-11-21-20(28(2,26)27)25(18)12-15-6-4-3-5-7-15/h10-11,15-16H,3-9,12-14H2,1-2H3,(H,22,23). The van der Waals surface area contributed by atoms with Crippen molar-refractivity contribution in [2.45, 2.75) is 75.7 Å². The summed E-state index contributed by atoms with van der Waals surface area (Å²) in [5.74, 6) is 1.19. The Morgan fingerprint density at radius 2 is 1.93 bits per heavy atom. The number of hydrogen-bond donors (Lipinski definition) is 1. The van der Waals surface area contributed by atoms with E-state index >= 15 is 0 Å². The van der Waals surface area contributed by atoms with Gasteiger partial charge in [-0.2, -0.15) is 5.10 Å². The highest BCUT2D eigenvalue weighted by molar-refractivity contribution is 7.90.